The molecule has 1 aliphatic carbocycles. The van der Waals surface area contributed by atoms with Crippen LogP contribution in [0.2, 0.25) is 0 Å². The summed E-state index contributed by atoms with van der Waals surface area (Å²) in [6.07, 6.45) is 4.62. The maximum atomic E-state index is 15.6. The lowest BCUT2D eigenvalue weighted by atomic mass is 9.82. The van der Waals surface area contributed by atoms with Gasteiger partial charge in [0, 0.05) is 24.4 Å². The predicted octanol–water partition coefficient (Wildman–Crippen LogP) is 3.28. The molecular formula is C23H23F2N5O2S. The number of rotatable bonds is 3. The molecular weight excluding hydrogens is 448 g/mol. The summed E-state index contributed by atoms with van der Waals surface area (Å²) in [4.78, 5) is 17.5. The number of amidine groups is 1. The number of hydrogen-bond acceptors (Lipinski definition) is 7. The van der Waals surface area contributed by atoms with Crippen molar-refractivity contribution < 1.29 is 17.2 Å². The monoisotopic (exact) mass is 471 g/mol. The number of halogens is 2. The van der Waals surface area contributed by atoms with Crippen molar-refractivity contribution in [3.05, 3.63) is 65.0 Å². The Labute approximate surface area is 190 Å². The number of hydrogen-bond donors (Lipinski definition) is 1. The first-order chi connectivity index (χ1) is 15.6. The second-order valence-corrected chi connectivity index (χ2v) is 11.3. The highest BCUT2D eigenvalue weighted by Crippen LogP contribution is 2.51. The summed E-state index contributed by atoms with van der Waals surface area (Å²) in [7, 11) is -4.31. The Morgan fingerprint density at radius 3 is 2.67 bits per heavy atom. The molecule has 3 heterocycles. The number of fused-ring (bicyclic) bond motifs is 1. The summed E-state index contributed by atoms with van der Waals surface area (Å²) >= 11 is 0. The molecule has 3 aromatic rings. The molecule has 10 heteroatoms. The zero-order valence-corrected chi connectivity index (χ0v) is 19.0. The summed E-state index contributed by atoms with van der Waals surface area (Å²) in [6.45, 7) is 3.12. The first kappa shape index (κ1) is 21.8. The van der Waals surface area contributed by atoms with Crippen molar-refractivity contribution in [1.82, 2.24) is 15.0 Å². The Morgan fingerprint density at radius 1 is 1.21 bits per heavy atom. The highest BCUT2D eigenvalue weighted by Gasteiger charge is 2.64. The van der Waals surface area contributed by atoms with E-state index in [1.54, 1.807) is 24.5 Å². The number of aromatic nitrogens is 3. The Morgan fingerprint density at radius 2 is 1.97 bits per heavy atom. The third-order valence-electron chi connectivity index (χ3n) is 6.84. The fourth-order valence-electron chi connectivity index (χ4n) is 4.76. The van der Waals surface area contributed by atoms with E-state index in [4.69, 9.17) is 5.73 Å². The van der Waals surface area contributed by atoms with Gasteiger partial charge in [-0.15, -0.1) is 0 Å². The molecule has 5 rings (SSSR count). The molecule has 0 amide bonds. The molecule has 33 heavy (non-hydrogen) atoms. The van der Waals surface area contributed by atoms with Crippen molar-refractivity contribution in [2.45, 2.75) is 55.3 Å². The molecule has 172 valence electrons. The van der Waals surface area contributed by atoms with Crippen molar-refractivity contribution in [3.63, 3.8) is 0 Å². The number of aryl methyl sites for hydroxylation is 1. The number of benzene rings is 1. The van der Waals surface area contributed by atoms with Gasteiger partial charge < -0.3 is 5.73 Å². The minimum absolute atomic E-state index is 0.142. The maximum absolute atomic E-state index is 15.6. The van der Waals surface area contributed by atoms with Gasteiger partial charge in [0.2, 0.25) is 5.50 Å². The highest BCUT2D eigenvalue weighted by atomic mass is 32.2. The summed E-state index contributed by atoms with van der Waals surface area (Å²) < 4.78 is 55.3. The van der Waals surface area contributed by atoms with Crippen LogP contribution in [-0.4, -0.2) is 39.5 Å². The van der Waals surface area contributed by atoms with Crippen molar-refractivity contribution >= 4 is 26.7 Å². The van der Waals surface area contributed by atoms with Crippen LogP contribution in [0, 0.1) is 12.7 Å². The van der Waals surface area contributed by atoms with Crippen LogP contribution in [0.4, 0.5) is 8.78 Å². The van der Waals surface area contributed by atoms with Crippen molar-refractivity contribution in [1.29, 1.82) is 0 Å². The lowest BCUT2D eigenvalue weighted by Gasteiger charge is -2.48. The summed E-state index contributed by atoms with van der Waals surface area (Å²) in [5.74, 6) is -0.891. The van der Waals surface area contributed by atoms with Gasteiger partial charge in [0.15, 0.2) is 9.84 Å². The van der Waals surface area contributed by atoms with Crippen LogP contribution < -0.4 is 5.73 Å². The van der Waals surface area contributed by atoms with Gasteiger partial charge in [-0.25, -0.2) is 22.2 Å². The fraction of sp³-hybridized carbons (Fsp3) is 0.391. The van der Waals surface area contributed by atoms with E-state index < -0.39 is 31.4 Å². The van der Waals surface area contributed by atoms with Gasteiger partial charge in [-0.3, -0.25) is 15.0 Å². The van der Waals surface area contributed by atoms with Crippen molar-refractivity contribution in [2.75, 3.05) is 0 Å². The van der Waals surface area contributed by atoms with E-state index in [-0.39, 0.29) is 30.7 Å². The third kappa shape index (κ3) is 3.07. The molecule has 1 aromatic carbocycles. The van der Waals surface area contributed by atoms with Gasteiger partial charge >= 0.3 is 0 Å². The van der Waals surface area contributed by atoms with Gasteiger partial charge in [-0.1, -0.05) is 6.07 Å². The van der Waals surface area contributed by atoms with E-state index in [1.807, 2.05) is 6.92 Å². The Bertz CT molecular complexity index is 1420. The van der Waals surface area contributed by atoms with Gasteiger partial charge in [0.05, 0.1) is 16.9 Å². The minimum Gasteiger partial charge on any atom is -0.386 e. The smallest absolute Gasteiger partial charge is 0.230 e. The van der Waals surface area contributed by atoms with Gasteiger partial charge in [-0.05, 0) is 56.9 Å². The quantitative estimate of drug-likeness (QED) is 0.628. The summed E-state index contributed by atoms with van der Waals surface area (Å²) in [5.41, 5.74) is 4.79. The topological polar surface area (TPSA) is 111 Å². The largest absolute Gasteiger partial charge is 0.386 e. The Balaban J connectivity index is 1.59. The molecule has 2 N–H and O–H groups in total. The lowest BCUT2D eigenvalue weighted by Crippen LogP contribution is -2.64. The molecule has 1 fully saturated rings. The van der Waals surface area contributed by atoms with Gasteiger partial charge in [0.1, 0.15) is 27.5 Å². The van der Waals surface area contributed by atoms with Crippen molar-refractivity contribution in [3.8, 4) is 0 Å². The standard InChI is InChI=1S/C23H23F2N5O2S/c1-13-12-28-19-17(29-13)6-9-27-18(19)11-14-4-5-16(24)15(10-14)22(2)20(25)33(31,32)23(7-3-8-23)21(26)30-22/h4-6,9-10,12,20H,3,7-8,11H2,1-2H3,(H2,26,30)/t20-,22+/m0/s1. The maximum Gasteiger partial charge on any atom is 0.230 e. The summed E-state index contributed by atoms with van der Waals surface area (Å²) in [5, 5.41) is 0. The van der Waals surface area contributed by atoms with E-state index in [9.17, 15) is 12.8 Å². The zero-order chi connectivity index (χ0) is 23.6. The average molecular weight is 472 g/mol. The number of nitrogens with two attached hydrogens (primary N) is 1. The SMILES string of the molecule is Cc1cnc2c(Cc3ccc(F)c([C@@]4(C)N=C(N)C5(CCC5)S(=O)(=O)[C@@H]4F)c3)nccc2n1. The van der Waals surface area contributed by atoms with Gasteiger partial charge in [0.25, 0.3) is 0 Å². The number of sulfone groups is 1. The van der Waals surface area contributed by atoms with Crippen LogP contribution in [0.1, 0.15) is 48.7 Å². The molecule has 1 saturated carbocycles. The minimum atomic E-state index is -4.31. The average Bonchev–Trinajstić information content (AvgIpc) is 2.72. The molecule has 1 spiro atoms. The second kappa shape index (κ2) is 7.24. The van der Waals surface area contributed by atoms with Crippen molar-refractivity contribution in [2.24, 2.45) is 10.7 Å². The first-order valence-corrected chi connectivity index (χ1v) is 12.2. The van der Waals surface area contributed by atoms with E-state index in [0.717, 1.165) is 5.69 Å². The predicted molar refractivity (Wildman–Crippen MR) is 121 cm³/mol. The van der Waals surface area contributed by atoms with Crippen LogP contribution >= 0.6 is 0 Å². The van der Waals surface area contributed by atoms with Crippen LogP contribution in [0.5, 0.6) is 0 Å². The highest BCUT2D eigenvalue weighted by molar-refractivity contribution is 7.94. The molecule has 1 aliphatic heterocycles. The van der Waals surface area contributed by atoms with E-state index in [1.165, 1.54) is 19.1 Å². The molecule has 0 radical (unpaired) electrons. The Hall–Kier alpha value is -3.01. The normalized spacial score (nSPS) is 25.6. The van der Waals surface area contributed by atoms with Crippen LogP contribution in [0.25, 0.3) is 11.0 Å². The second-order valence-electron chi connectivity index (χ2n) is 8.98. The van der Waals surface area contributed by atoms with Gasteiger partial charge in [-0.2, -0.15) is 0 Å². The first-order valence-electron chi connectivity index (χ1n) is 10.7. The molecule has 0 bridgehead atoms. The number of pyridine rings is 1. The fourth-order valence-corrected chi connectivity index (χ4v) is 7.13. The van der Waals surface area contributed by atoms with Crippen LogP contribution in [-0.2, 0) is 21.8 Å². The zero-order valence-electron chi connectivity index (χ0n) is 18.2. The number of aliphatic imine (C=N–C) groups is 1. The molecule has 0 unspecified atom stereocenters. The van der Waals surface area contributed by atoms with E-state index in [0.29, 0.717) is 28.7 Å². The molecule has 2 aliphatic rings. The number of nitrogens with zero attached hydrogens (tertiary/aromatic N) is 4. The Kier molecular flexibility index (Phi) is 4.79. The molecule has 0 saturated heterocycles. The molecule has 2 aromatic heterocycles. The lowest BCUT2D eigenvalue weighted by molar-refractivity contribution is 0.253. The molecule has 7 nitrogen and oxygen atoms in total. The molecule has 2 atom stereocenters. The summed E-state index contributed by atoms with van der Waals surface area (Å²) in [6, 6.07) is 5.93. The van der Waals surface area contributed by atoms with E-state index in [2.05, 4.69) is 19.9 Å². The van der Waals surface area contributed by atoms with Crippen LogP contribution in [0.15, 0.2) is 41.7 Å². The van der Waals surface area contributed by atoms with E-state index >= 15 is 4.39 Å². The number of alkyl halides is 1. The third-order valence-corrected chi connectivity index (χ3v) is 9.55. The van der Waals surface area contributed by atoms with Crippen LogP contribution in [0.3, 0.4) is 0 Å².